The molecule has 0 spiro atoms. The zero-order valence-electron chi connectivity index (χ0n) is 13.8. The minimum absolute atomic E-state index is 0.225. The maximum Gasteiger partial charge on any atom is 0.252 e. The van der Waals surface area contributed by atoms with E-state index in [1.165, 1.54) is 11.1 Å². The molecule has 0 heterocycles. The number of amides is 1. The van der Waals surface area contributed by atoms with Crippen molar-refractivity contribution in [3.8, 4) is 0 Å². The molecule has 0 aliphatic heterocycles. The van der Waals surface area contributed by atoms with E-state index in [1.54, 1.807) is 24.3 Å². The highest BCUT2D eigenvalue weighted by atomic mass is 35.5. The number of hydrogen-bond acceptors (Lipinski definition) is 2. The Hall–Kier alpha value is -2.53. The Morgan fingerprint density at radius 1 is 1.17 bits per heavy atom. The molecule has 0 radical (unpaired) electrons. The molecule has 1 amide bonds. The van der Waals surface area contributed by atoms with Gasteiger partial charge >= 0.3 is 0 Å². The summed E-state index contributed by atoms with van der Waals surface area (Å²) >= 11 is 5.98. The predicted molar refractivity (Wildman–Crippen MR) is 99.8 cm³/mol. The van der Waals surface area contributed by atoms with Crippen LogP contribution in [0.2, 0.25) is 5.02 Å². The summed E-state index contributed by atoms with van der Waals surface area (Å²) in [4.78, 5) is 16.2. The van der Waals surface area contributed by atoms with Crippen molar-refractivity contribution in [3.05, 3.63) is 64.2 Å². The molecule has 0 atom stereocenters. The number of aryl methyl sites for hydroxylation is 2. The Balaban J connectivity index is 1.82. The molecule has 0 unspecified atom stereocenters. The van der Waals surface area contributed by atoms with Crippen LogP contribution >= 0.6 is 11.6 Å². The van der Waals surface area contributed by atoms with E-state index in [1.807, 2.05) is 25.1 Å². The Bertz CT molecular complexity index is 758. The fraction of sp³-hybridized carbons (Fsp3) is 0.222. The second kappa shape index (κ2) is 8.36. The Morgan fingerprint density at radius 3 is 2.62 bits per heavy atom. The van der Waals surface area contributed by atoms with Gasteiger partial charge in [0, 0.05) is 12.2 Å². The highest BCUT2D eigenvalue weighted by Crippen LogP contribution is 2.14. The van der Waals surface area contributed by atoms with Crippen LogP contribution in [0, 0.1) is 13.8 Å². The molecule has 24 heavy (non-hydrogen) atoms. The van der Waals surface area contributed by atoms with Crippen LogP contribution in [0.25, 0.3) is 0 Å². The molecule has 0 aliphatic carbocycles. The van der Waals surface area contributed by atoms with E-state index in [0.717, 1.165) is 5.69 Å². The molecule has 0 saturated carbocycles. The van der Waals surface area contributed by atoms with Crippen molar-refractivity contribution in [3.63, 3.8) is 0 Å². The average Bonchev–Trinajstić information content (AvgIpc) is 2.55. The number of guanidine groups is 1. The normalized spacial score (nSPS) is 11.2. The van der Waals surface area contributed by atoms with Gasteiger partial charge in [-0.05, 0) is 49.2 Å². The van der Waals surface area contributed by atoms with E-state index in [9.17, 15) is 4.79 Å². The van der Waals surface area contributed by atoms with Gasteiger partial charge in [-0.1, -0.05) is 29.8 Å². The summed E-state index contributed by atoms with van der Waals surface area (Å²) in [6, 6.07) is 12.9. The quantitative estimate of drug-likeness (QED) is 0.443. The van der Waals surface area contributed by atoms with Crippen molar-refractivity contribution in [1.29, 1.82) is 0 Å². The van der Waals surface area contributed by atoms with E-state index in [2.05, 4.69) is 22.5 Å². The van der Waals surface area contributed by atoms with Gasteiger partial charge in [0.15, 0.2) is 5.96 Å². The molecule has 0 aromatic heterocycles. The standard InChI is InChI=1S/C18H21ClN4O/c1-12-7-8-14(11-13(12)2)23-18(20)22-10-9-21-17(24)15-5-3-4-6-16(15)19/h3-8,11H,9-10H2,1-2H3,(H,21,24)(H3,20,22,23). The number of benzene rings is 2. The number of anilines is 1. The van der Waals surface area contributed by atoms with Crippen molar-refractivity contribution >= 4 is 29.2 Å². The number of nitrogens with zero attached hydrogens (tertiary/aromatic N) is 1. The fourth-order valence-electron chi connectivity index (χ4n) is 2.09. The van der Waals surface area contributed by atoms with Gasteiger partial charge in [0.2, 0.25) is 0 Å². The number of aliphatic imine (C=N–C) groups is 1. The van der Waals surface area contributed by atoms with Gasteiger partial charge in [0.05, 0.1) is 17.1 Å². The summed E-state index contributed by atoms with van der Waals surface area (Å²) in [6.45, 7) is 4.84. The number of carbonyl (C=O) groups is 1. The molecule has 0 aliphatic rings. The lowest BCUT2D eigenvalue weighted by Gasteiger charge is -2.08. The van der Waals surface area contributed by atoms with Gasteiger partial charge in [-0.3, -0.25) is 9.79 Å². The molecule has 2 rings (SSSR count). The molecule has 6 heteroatoms. The van der Waals surface area contributed by atoms with Crippen LogP contribution in [0.15, 0.2) is 47.5 Å². The second-order valence-corrected chi connectivity index (χ2v) is 5.83. The van der Waals surface area contributed by atoms with Gasteiger partial charge in [0.1, 0.15) is 0 Å². The number of halogens is 1. The van der Waals surface area contributed by atoms with E-state index >= 15 is 0 Å². The van der Waals surface area contributed by atoms with Crippen LogP contribution in [-0.2, 0) is 0 Å². The zero-order valence-corrected chi connectivity index (χ0v) is 14.5. The van der Waals surface area contributed by atoms with Gasteiger partial charge in [0.25, 0.3) is 5.91 Å². The minimum atomic E-state index is -0.225. The lowest BCUT2D eigenvalue weighted by atomic mass is 10.1. The van der Waals surface area contributed by atoms with Gasteiger partial charge < -0.3 is 16.4 Å². The predicted octanol–water partition coefficient (Wildman–Crippen LogP) is 3.11. The highest BCUT2D eigenvalue weighted by Gasteiger charge is 2.08. The molecule has 2 aromatic carbocycles. The molecule has 5 nitrogen and oxygen atoms in total. The van der Waals surface area contributed by atoms with E-state index < -0.39 is 0 Å². The molecule has 0 bridgehead atoms. The van der Waals surface area contributed by atoms with Crippen LogP contribution < -0.4 is 16.4 Å². The smallest absolute Gasteiger partial charge is 0.252 e. The topological polar surface area (TPSA) is 79.5 Å². The molecular weight excluding hydrogens is 324 g/mol. The van der Waals surface area contributed by atoms with Gasteiger partial charge in [-0.2, -0.15) is 0 Å². The third-order valence-electron chi connectivity index (χ3n) is 3.58. The first-order valence-corrected chi connectivity index (χ1v) is 8.02. The number of nitrogens with two attached hydrogens (primary N) is 1. The molecule has 0 saturated heterocycles. The third kappa shape index (κ3) is 4.99. The number of hydrogen-bond donors (Lipinski definition) is 3. The van der Waals surface area contributed by atoms with E-state index in [-0.39, 0.29) is 5.91 Å². The van der Waals surface area contributed by atoms with E-state index in [4.69, 9.17) is 17.3 Å². The zero-order chi connectivity index (χ0) is 17.5. The van der Waals surface area contributed by atoms with Crippen molar-refractivity contribution in [2.24, 2.45) is 10.7 Å². The second-order valence-electron chi connectivity index (χ2n) is 5.43. The SMILES string of the molecule is Cc1ccc(NC(N)=NCCNC(=O)c2ccccc2Cl)cc1C. The van der Waals surface area contributed by atoms with Crippen LogP contribution in [-0.4, -0.2) is 25.0 Å². The van der Waals surface area contributed by atoms with E-state index in [0.29, 0.717) is 29.6 Å². The van der Waals surface area contributed by atoms with Crippen LogP contribution in [0.5, 0.6) is 0 Å². The maximum atomic E-state index is 12.0. The van der Waals surface area contributed by atoms with Crippen molar-refractivity contribution in [2.45, 2.75) is 13.8 Å². The van der Waals surface area contributed by atoms with Crippen molar-refractivity contribution < 1.29 is 4.79 Å². The van der Waals surface area contributed by atoms with Crippen LogP contribution in [0.3, 0.4) is 0 Å². The number of rotatable bonds is 5. The average molecular weight is 345 g/mol. The molecule has 0 fully saturated rings. The third-order valence-corrected chi connectivity index (χ3v) is 3.91. The summed E-state index contributed by atoms with van der Waals surface area (Å²) in [5.41, 5.74) is 9.59. The summed E-state index contributed by atoms with van der Waals surface area (Å²) in [6.07, 6.45) is 0. The lowest BCUT2D eigenvalue weighted by Crippen LogP contribution is -2.28. The summed E-state index contributed by atoms with van der Waals surface area (Å²) in [5.74, 6) is 0.0849. The van der Waals surface area contributed by atoms with Gasteiger partial charge in [-0.25, -0.2) is 0 Å². The minimum Gasteiger partial charge on any atom is -0.370 e. The largest absolute Gasteiger partial charge is 0.370 e. The highest BCUT2D eigenvalue weighted by molar-refractivity contribution is 6.33. The summed E-state index contributed by atoms with van der Waals surface area (Å²) in [5, 5.41) is 6.22. The van der Waals surface area contributed by atoms with Crippen LogP contribution in [0.1, 0.15) is 21.5 Å². The fourth-order valence-corrected chi connectivity index (χ4v) is 2.31. The first kappa shape index (κ1) is 17.8. The first-order chi connectivity index (χ1) is 11.5. The lowest BCUT2D eigenvalue weighted by molar-refractivity contribution is 0.0955. The monoisotopic (exact) mass is 344 g/mol. The van der Waals surface area contributed by atoms with Gasteiger partial charge in [-0.15, -0.1) is 0 Å². The Labute approximate surface area is 146 Å². The maximum absolute atomic E-state index is 12.0. The Kier molecular flexibility index (Phi) is 6.21. The summed E-state index contributed by atoms with van der Waals surface area (Å²) in [7, 11) is 0. The van der Waals surface area contributed by atoms with Crippen molar-refractivity contribution in [2.75, 3.05) is 18.4 Å². The first-order valence-electron chi connectivity index (χ1n) is 7.64. The summed E-state index contributed by atoms with van der Waals surface area (Å²) < 4.78 is 0. The molecular formula is C18H21ClN4O. The Morgan fingerprint density at radius 2 is 1.92 bits per heavy atom. The molecule has 4 N–H and O–H groups in total. The number of carbonyl (C=O) groups excluding carboxylic acids is 1. The number of nitrogens with one attached hydrogen (secondary N) is 2. The molecule has 126 valence electrons. The van der Waals surface area contributed by atoms with Crippen molar-refractivity contribution in [1.82, 2.24) is 5.32 Å². The molecule has 2 aromatic rings. The van der Waals surface area contributed by atoms with Crippen LogP contribution in [0.4, 0.5) is 5.69 Å².